The van der Waals surface area contributed by atoms with Gasteiger partial charge in [0.2, 0.25) is 0 Å². The summed E-state index contributed by atoms with van der Waals surface area (Å²) in [6.07, 6.45) is 0. The SMILES string of the molecule is FCc1nc(I)ccc1F. The molecule has 1 aromatic rings. The predicted octanol–water partition coefficient (Wildman–Crippen LogP) is 2.29. The molecule has 0 aliphatic carbocycles. The van der Waals surface area contributed by atoms with Crippen LogP contribution in [0.25, 0.3) is 0 Å². The van der Waals surface area contributed by atoms with Crippen molar-refractivity contribution in [2.75, 3.05) is 0 Å². The molecule has 4 heteroatoms. The largest absolute Gasteiger partial charge is 0.244 e. The van der Waals surface area contributed by atoms with Crippen molar-refractivity contribution in [2.45, 2.75) is 6.67 Å². The van der Waals surface area contributed by atoms with Crippen molar-refractivity contribution in [1.29, 1.82) is 0 Å². The van der Waals surface area contributed by atoms with Crippen LogP contribution < -0.4 is 0 Å². The van der Waals surface area contributed by atoms with Gasteiger partial charge in [0.1, 0.15) is 21.9 Å². The van der Waals surface area contributed by atoms with E-state index in [1.807, 2.05) is 22.6 Å². The second-order valence-electron chi connectivity index (χ2n) is 1.70. The van der Waals surface area contributed by atoms with E-state index < -0.39 is 12.5 Å². The number of rotatable bonds is 1. The molecule has 0 atom stereocenters. The maximum absolute atomic E-state index is 12.5. The van der Waals surface area contributed by atoms with E-state index >= 15 is 0 Å². The highest BCUT2D eigenvalue weighted by Gasteiger charge is 2.01. The summed E-state index contributed by atoms with van der Waals surface area (Å²) in [7, 11) is 0. The number of halogens is 3. The molecule has 1 nitrogen and oxygen atoms in total. The van der Waals surface area contributed by atoms with Gasteiger partial charge < -0.3 is 0 Å². The first-order chi connectivity index (χ1) is 4.74. The van der Waals surface area contributed by atoms with Crippen molar-refractivity contribution in [2.24, 2.45) is 0 Å². The molecule has 1 rings (SSSR count). The first-order valence-electron chi connectivity index (χ1n) is 2.61. The monoisotopic (exact) mass is 255 g/mol. The molecule has 0 fully saturated rings. The Balaban J connectivity index is 3.09. The molecule has 10 heavy (non-hydrogen) atoms. The average molecular weight is 255 g/mol. The van der Waals surface area contributed by atoms with Crippen molar-refractivity contribution < 1.29 is 8.78 Å². The van der Waals surface area contributed by atoms with E-state index in [0.29, 0.717) is 3.70 Å². The molecule has 0 saturated heterocycles. The molecule has 0 unspecified atom stereocenters. The number of aromatic nitrogens is 1. The number of alkyl halides is 1. The van der Waals surface area contributed by atoms with Crippen LogP contribution in [0, 0.1) is 9.52 Å². The average Bonchev–Trinajstić information content (AvgIpc) is 1.94. The Hall–Kier alpha value is -0.260. The zero-order valence-corrected chi connectivity index (χ0v) is 7.10. The standard InChI is InChI=1S/C6H4F2IN/c7-3-5-4(8)1-2-6(9)10-5/h1-2H,3H2. The van der Waals surface area contributed by atoms with E-state index in [1.165, 1.54) is 12.1 Å². The van der Waals surface area contributed by atoms with Crippen LogP contribution >= 0.6 is 22.6 Å². The van der Waals surface area contributed by atoms with Gasteiger partial charge in [-0.1, -0.05) is 0 Å². The van der Waals surface area contributed by atoms with Gasteiger partial charge in [-0.15, -0.1) is 0 Å². The molecule has 0 amide bonds. The van der Waals surface area contributed by atoms with Gasteiger partial charge in [0.15, 0.2) is 0 Å². The maximum atomic E-state index is 12.5. The number of hydrogen-bond acceptors (Lipinski definition) is 1. The fourth-order valence-electron chi connectivity index (χ4n) is 0.551. The van der Waals surface area contributed by atoms with Gasteiger partial charge in [-0.2, -0.15) is 0 Å². The van der Waals surface area contributed by atoms with Crippen molar-refractivity contribution in [3.63, 3.8) is 0 Å². The molecular formula is C6H4F2IN. The van der Waals surface area contributed by atoms with Gasteiger partial charge >= 0.3 is 0 Å². The van der Waals surface area contributed by atoms with E-state index in [4.69, 9.17) is 0 Å². The molecular weight excluding hydrogens is 251 g/mol. The molecule has 0 bridgehead atoms. The summed E-state index contributed by atoms with van der Waals surface area (Å²) in [6, 6.07) is 2.71. The lowest BCUT2D eigenvalue weighted by molar-refractivity contribution is 0.451. The Labute approximate surface area is 70.6 Å². The topological polar surface area (TPSA) is 12.9 Å². The lowest BCUT2D eigenvalue weighted by atomic mass is 10.4. The zero-order chi connectivity index (χ0) is 7.56. The summed E-state index contributed by atoms with van der Waals surface area (Å²) < 4.78 is 24.9. The normalized spacial score (nSPS) is 9.90. The minimum Gasteiger partial charge on any atom is -0.244 e. The van der Waals surface area contributed by atoms with Gasteiger partial charge in [-0.3, -0.25) is 0 Å². The number of nitrogens with zero attached hydrogens (tertiary/aromatic N) is 1. The quantitative estimate of drug-likeness (QED) is 0.554. The van der Waals surface area contributed by atoms with Crippen LogP contribution in [0.1, 0.15) is 5.69 Å². The van der Waals surface area contributed by atoms with Crippen LogP contribution in [-0.4, -0.2) is 4.98 Å². The van der Waals surface area contributed by atoms with E-state index in [2.05, 4.69) is 4.98 Å². The molecule has 0 saturated carbocycles. The molecule has 0 N–H and O–H groups in total. The lowest BCUT2D eigenvalue weighted by Crippen LogP contribution is -1.93. The Bertz CT molecular complexity index is 239. The second kappa shape index (κ2) is 3.23. The fourth-order valence-corrected chi connectivity index (χ4v) is 1.02. The number of pyridine rings is 1. The smallest absolute Gasteiger partial charge is 0.147 e. The minimum atomic E-state index is -0.845. The third kappa shape index (κ3) is 1.62. The van der Waals surface area contributed by atoms with E-state index in [0.717, 1.165) is 0 Å². The van der Waals surface area contributed by atoms with E-state index in [1.54, 1.807) is 0 Å². The molecule has 1 heterocycles. The van der Waals surface area contributed by atoms with Crippen molar-refractivity contribution >= 4 is 22.6 Å². The fraction of sp³-hybridized carbons (Fsp3) is 0.167. The molecule has 1 aromatic heterocycles. The third-order valence-corrected chi connectivity index (χ3v) is 1.61. The highest BCUT2D eigenvalue weighted by molar-refractivity contribution is 14.1. The summed E-state index contributed by atoms with van der Waals surface area (Å²) in [4.78, 5) is 3.63. The van der Waals surface area contributed by atoms with Gasteiger partial charge in [0, 0.05) is 0 Å². The number of hydrogen-bond donors (Lipinski definition) is 0. The first-order valence-corrected chi connectivity index (χ1v) is 3.69. The Kier molecular flexibility index (Phi) is 2.53. The summed E-state index contributed by atoms with van der Waals surface area (Å²) in [5.74, 6) is -0.581. The van der Waals surface area contributed by atoms with Gasteiger partial charge in [0.25, 0.3) is 0 Å². The third-order valence-electron chi connectivity index (χ3n) is 1.01. The Morgan fingerprint density at radius 1 is 1.50 bits per heavy atom. The summed E-state index contributed by atoms with van der Waals surface area (Å²) in [6.45, 7) is -0.845. The van der Waals surface area contributed by atoms with Gasteiger partial charge in [0.05, 0.1) is 0 Å². The predicted molar refractivity (Wildman–Crippen MR) is 41.7 cm³/mol. The minimum absolute atomic E-state index is 0.119. The van der Waals surface area contributed by atoms with Crippen molar-refractivity contribution in [3.05, 3.63) is 27.3 Å². The molecule has 0 spiro atoms. The highest BCUT2D eigenvalue weighted by atomic mass is 127. The zero-order valence-electron chi connectivity index (χ0n) is 4.94. The van der Waals surface area contributed by atoms with Crippen LogP contribution in [0.4, 0.5) is 8.78 Å². The summed E-state index contributed by atoms with van der Waals surface area (Å²) in [5, 5.41) is 0. The van der Waals surface area contributed by atoms with Gasteiger partial charge in [-0.25, -0.2) is 13.8 Å². The second-order valence-corrected chi connectivity index (χ2v) is 2.80. The van der Waals surface area contributed by atoms with Crippen LogP contribution in [0.15, 0.2) is 12.1 Å². The van der Waals surface area contributed by atoms with Crippen LogP contribution in [0.3, 0.4) is 0 Å². The van der Waals surface area contributed by atoms with E-state index in [-0.39, 0.29) is 5.69 Å². The first kappa shape index (κ1) is 7.84. The van der Waals surface area contributed by atoms with E-state index in [9.17, 15) is 8.78 Å². The van der Waals surface area contributed by atoms with Crippen LogP contribution in [-0.2, 0) is 6.67 Å². The lowest BCUT2D eigenvalue weighted by Gasteiger charge is -1.95. The summed E-state index contributed by atoms with van der Waals surface area (Å²) >= 11 is 1.90. The highest BCUT2D eigenvalue weighted by Crippen LogP contribution is 2.08. The molecule has 0 aliphatic heterocycles. The maximum Gasteiger partial charge on any atom is 0.147 e. The Morgan fingerprint density at radius 3 is 2.70 bits per heavy atom. The summed E-state index contributed by atoms with van der Waals surface area (Å²) in [5.41, 5.74) is -0.119. The van der Waals surface area contributed by atoms with Crippen molar-refractivity contribution in [3.8, 4) is 0 Å². The molecule has 0 radical (unpaired) electrons. The van der Waals surface area contributed by atoms with Crippen LogP contribution in [0.2, 0.25) is 0 Å². The molecule has 54 valence electrons. The van der Waals surface area contributed by atoms with Crippen LogP contribution in [0.5, 0.6) is 0 Å². The Morgan fingerprint density at radius 2 is 2.20 bits per heavy atom. The molecule has 0 aliphatic rings. The molecule has 0 aromatic carbocycles. The van der Waals surface area contributed by atoms with Gasteiger partial charge in [-0.05, 0) is 34.7 Å². The van der Waals surface area contributed by atoms with Crippen molar-refractivity contribution in [1.82, 2.24) is 4.98 Å².